The Balaban J connectivity index is 2.47. The molecule has 0 aliphatic carbocycles. The Hall–Kier alpha value is -1.76. The SMILES string of the molecule is COc1cc(C(NN)c2ccn(C)n2)cc(Cl)c1OC. The van der Waals surface area contributed by atoms with Crippen molar-refractivity contribution in [2.24, 2.45) is 12.9 Å². The van der Waals surface area contributed by atoms with Crippen LogP contribution in [0.4, 0.5) is 0 Å². The van der Waals surface area contributed by atoms with Gasteiger partial charge in [-0.2, -0.15) is 5.10 Å². The molecule has 6 nitrogen and oxygen atoms in total. The van der Waals surface area contributed by atoms with Gasteiger partial charge in [-0.25, -0.2) is 5.43 Å². The van der Waals surface area contributed by atoms with E-state index >= 15 is 0 Å². The Morgan fingerprint density at radius 2 is 2.10 bits per heavy atom. The summed E-state index contributed by atoms with van der Waals surface area (Å²) in [6.07, 6.45) is 1.85. The Morgan fingerprint density at radius 3 is 2.60 bits per heavy atom. The molecule has 1 aromatic heterocycles. The molecule has 0 aliphatic rings. The van der Waals surface area contributed by atoms with E-state index in [1.807, 2.05) is 25.4 Å². The third kappa shape index (κ3) is 2.72. The van der Waals surface area contributed by atoms with Gasteiger partial charge in [-0.15, -0.1) is 0 Å². The van der Waals surface area contributed by atoms with Crippen LogP contribution < -0.4 is 20.7 Å². The van der Waals surface area contributed by atoms with Gasteiger partial charge in [0.25, 0.3) is 0 Å². The molecule has 1 atom stereocenters. The van der Waals surface area contributed by atoms with E-state index in [1.165, 1.54) is 0 Å². The predicted octanol–water partition coefficient (Wildman–Crippen LogP) is 1.64. The zero-order valence-corrected chi connectivity index (χ0v) is 12.3. The summed E-state index contributed by atoms with van der Waals surface area (Å²) in [4.78, 5) is 0. The van der Waals surface area contributed by atoms with E-state index in [-0.39, 0.29) is 6.04 Å². The number of rotatable bonds is 5. The Kier molecular flexibility index (Phi) is 4.49. The van der Waals surface area contributed by atoms with E-state index in [0.717, 1.165) is 11.3 Å². The third-order valence-electron chi connectivity index (χ3n) is 2.99. The number of aromatic nitrogens is 2. The number of halogens is 1. The zero-order valence-electron chi connectivity index (χ0n) is 11.6. The number of nitrogens with one attached hydrogen (secondary N) is 1. The number of nitrogens with two attached hydrogens (primary N) is 1. The molecule has 20 heavy (non-hydrogen) atoms. The Labute approximate surface area is 122 Å². The summed E-state index contributed by atoms with van der Waals surface area (Å²) >= 11 is 6.21. The molecule has 2 rings (SSSR count). The van der Waals surface area contributed by atoms with Crippen LogP contribution >= 0.6 is 11.6 Å². The highest BCUT2D eigenvalue weighted by Crippen LogP contribution is 2.38. The lowest BCUT2D eigenvalue weighted by atomic mass is 10.0. The van der Waals surface area contributed by atoms with Gasteiger partial charge < -0.3 is 9.47 Å². The second-order valence-corrected chi connectivity index (χ2v) is 4.66. The van der Waals surface area contributed by atoms with Crippen LogP contribution in [0.1, 0.15) is 17.3 Å². The van der Waals surface area contributed by atoms with Crippen molar-refractivity contribution in [1.29, 1.82) is 0 Å². The van der Waals surface area contributed by atoms with Crippen LogP contribution in [-0.2, 0) is 7.05 Å². The molecule has 1 heterocycles. The number of hydrazine groups is 1. The van der Waals surface area contributed by atoms with Gasteiger partial charge in [0.15, 0.2) is 11.5 Å². The quantitative estimate of drug-likeness (QED) is 0.648. The van der Waals surface area contributed by atoms with Gasteiger partial charge in [-0.3, -0.25) is 10.5 Å². The summed E-state index contributed by atoms with van der Waals surface area (Å²) in [5, 5.41) is 4.80. The largest absolute Gasteiger partial charge is 0.493 e. The minimum absolute atomic E-state index is 0.284. The summed E-state index contributed by atoms with van der Waals surface area (Å²) in [7, 11) is 4.95. The molecule has 1 aromatic carbocycles. The average Bonchev–Trinajstić information content (AvgIpc) is 2.85. The topological polar surface area (TPSA) is 74.3 Å². The first-order valence-electron chi connectivity index (χ1n) is 5.97. The smallest absolute Gasteiger partial charge is 0.179 e. The molecule has 1 unspecified atom stereocenters. The molecule has 0 saturated heterocycles. The molecule has 0 aliphatic heterocycles. The van der Waals surface area contributed by atoms with Crippen molar-refractivity contribution in [3.63, 3.8) is 0 Å². The average molecular weight is 297 g/mol. The standard InChI is InChI=1S/C13H17ClN4O2/c1-18-5-4-10(17-18)12(16-15)8-6-9(14)13(20-3)11(7-8)19-2/h4-7,12,16H,15H2,1-3H3. The molecular weight excluding hydrogens is 280 g/mol. The van der Waals surface area contributed by atoms with Gasteiger partial charge >= 0.3 is 0 Å². The van der Waals surface area contributed by atoms with Gasteiger partial charge in [0.1, 0.15) is 0 Å². The van der Waals surface area contributed by atoms with E-state index in [2.05, 4.69) is 10.5 Å². The summed E-state index contributed by atoms with van der Waals surface area (Å²) in [5.74, 6) is 6.69. The number of ether oxygens (including phenoxy) is 2. The summed E-state index contributed by atoms with van der Waals surface area (Å²) in [6, 6.07) is 5.20. The van der Waals surface area contributed by atoms with Crippen molar-refractivity contribution in [3.05, 3.63) is 40.7 Å². The maximum Gasteiger partial charge on any atom is 0.179 e. The highest BCUT2D eigenvalue weighted by atomic mass is 35.5. The number of benzene rings is 1. The molecule has 0 spiro atoms. The maximum absolute atomic E-state index is 6.21. The van der Waals surface area contributed by atoms with E-state index in [0.29, 0.717) is 16.5 Å². The van der Waals surface area contributed by atoms with Crippen molar-refractivity contribution < 1.29 is 9.47 Å². The van der Waals surface area contributed by atoms with Crippen molar-refractivity contribution >= 4 is 11.6 Å². The molecule has 3 N–H and O–H groups in total. The van der Waals surface area contributed by atoms with Gasteiger partial charge in [0.05, 0.1) is 31.0 Å². The normalized spacial score (nSPS) is 12.2. The molecule has 2 aromatic rings. The summed E-state index contributed by atoms with van der Waals surface area (Å²) in [5.41, 5.74) is 4.36. The van der Waals surface area contributed by atoms with Crippen molar-refractivity contribution in [2.45, 2.75) is 6.04 Å². The van der Waals surface area contributed by atoms with Gasteiger partial charge in [0.2, 0.25) is 0 Å². The van der Waals surface area contributed by atoms with E-state index in [1.54, 1.807) is 25.0 Å². The van der Waals surface area contributed by atoms with E-state index in [9.17, 15) is 0 Å². The van der Waals surface area contributed by atoms with Crippen molar-refractivity contribution in [2.75, 3.05) is 14.2 Å². The van der Waals surface area contributed by atoms with Crippen LogP contribution in [0.15, 0.2) is 24.4 Å². The van der Waals surface area contributed by atoms with Gasteiger partial charge in [-0.05, 0) is 23.8 Å². The van der Waals surface area contributed by atoms with Crippen LogP contribution in [-0.4, -0.2) is 24.0 Å². The van der Waals surface area contributed by atoms with Crippen LogP contribution in [0.25, 0.3) is 0 Å². The highest BCUT2D eigenvalue weighted by molar-refractivity contribution is 6.32. The second-order valence-electron chi connectivity index (χ2n) is 4.25. The predicted molar refractivity (Wildman–Crippen MR) is 76.9 cm³/mol. The lowest BCUT2D eigenvalue weighted by Gasteiger charge is -2.17. The van der Waals surface area contributed by atoms with E-state index in [4.69, 9.17) is 26.9 Å². The molecule has 108 valence electrons. The number of hydrogen-bond acceptors (Lipinski definition) is 5. The first kappa shape index (κ1) is 14.6. The molecule has 0 bridgehead atoms. The second kappa shape index (κ2) is 6.13. The fraction of sp³-hybridized carbons (Fsp3) is 0.308. The molecular formula is C13H17ClN4O2. The molecule has 0 saturated carbocycles. The van der Waals surface area contributed by atoms with Crippen LogP contribution in [0.2, 0.25) is 5.02 Å². The zero-order chi connectivity index (χ0) is 14.7. The minimum atomic E-state index is -0.284. The van der Waals surface area contributed by atoms with Crippen molar-refractivity contribution in [3.8, 4) is 11.5 Å². The number of aryl methyl sites for hydroxylation is 1. The number of hydrogen-bond donors (Lipinski definition) is 2. The number of methoxy groups -OCH3 is 2. The fourth-order valence-electron chi connectivity index (χ4n) is 2.04. The first-order valence-corrected chi connectivity index (χ1v) is 6.35. The lowest BCUT2D eigenvalue weighted by Crippen LogP contribution is -2.29. The maximum atomic E-state index is 6.21. The minimum Gasteiger partial charge on any atom is -0.493 e. The van der Waals surface area contributed by atoms with Crippen LogP contribution in [0.5, 0.6) is 11.5 Å². The number of nitrogens with zero attached hydrogens (tertiary/aromatic N) is 2. The van der Waals surface area contributed by atoms with Crippen LogP contribution in [0, 0.1) is 0 Å². The third-order valence-corrected chi connectivity index (χ3v) is 3.27. The molecule has 0 radical (unpaired) electrons. The van der Waals surface area contributed by atoms with Crippen LogP contribution in [0.3, 0.4) is 0 Å². The van der Waals surface area contributed by atoms with Gasteiger partial charge in [0, 0.05) is 13.2 Å². The summed E-state index contributed by atoms with van der Waals surface area (Å²) < 4.78 is 12.2. The van der Waals surface area contributed by atoms with Crippen molar-refractivity contribution in [1.82, 2.24) is 15.2 Å². The lowest BCUT2D eigenvalue weighted by molar-refractivity contribution is 0.354. The first-order chi connectivity index (χ1) is 9.60. The Morgan fingerprint density at radius 1 is 1.35 bits per heavy atom. The molecule has 7 heteroatoms. The monoisotopic (exact) mass is 296 g/mol. The highest BCUT2D eigenvalue weighted by Gasteiger charge is 2.19. The van der Waals surface area contributed by atoms with E-state index < -0.39 is 0 Å². The summed E-state index contributed by atoms with van der Waals surface area (Å²) in [6.45, 7) is 0. The fourth-order valence-corrected chi connectivity index (χ4v) is 2.34. The van der Waals surface area contributed by atoms with Gasteiger partial charge in [-0.1, -0.05) is 11.6 Å². The molecule has 0 fully saturated rings. The Bertz CT molecular complexity index is 600. The molecule has 0 amide bonds.